The predicted molar refractivity (Wildman–Crippen MR) is 54.5 cm³/mol. The third-order valence-electron chi connectivity index (χ3n) is 2.15. The van der Waals surface area contributed by atoms with Crippen molar-refractivity contribution >= 4 is 5.97 Å². The van der Waals surface area contributed by atoms with E-state index in [-0.39, 0.29) is 17.7 Å². The molecule has 0 saturated heterocycles. The number of carbonyl (C=O) groups is 1. The Morgan fingerprint density at radius 2 is 2.19 bits per heavy atom. The number of hydrogen-bond acceptors (Lipinski definition) is 4. The Morgan fingerprint density at radius 1 is 1.50 bits per heavy atom. The van der Waals surface area contributed by atoms with Gasteiger partial charge in [-0.25, -0.2) is 4.39 Å². The molecule has 88 valence electrons. The lowest BCUT2D eigenvalue weighted by molar-refractivity contribution is -0.142. The first-order valence-electron chi connectivity index (χ1n) is 4.67. The molecule has 1 aromatic carbocycles. The summed E-state index contributed by atoms with van der Waals surface area (Å²) >= 11 is 0. The first kappa shape index (κ1) is 12.4. The normalized spacial score (nSPS) is 12.0. The summed E-state index contributed by atoms with van der Waals surface area (Å²) in [6.07, 6.45) is -1.38. The number of methoxy groups -OCH3 is 2. The number of benzene rings is 1. The van der Waals surface area contributed by atoms with Crippen LogP contribution in [0.25, 0.3) is 0 Å². The van der Waals surface area contributed by atoms with E-state index in [9.17, 15) is 14.3 Å². The van der Waals surface area contributed by atoms with Crippen LogP contribution >= 0.6 is 0 Å². The second kappa shape index (κ2) is 5.46. The summed E-state index contributed by atoms with van der Waals surface area (Å²) < 4.78 is 22.5. The number of carbonyl (C=O) groups excluding carboxylic acids is 1. The number of rotatable bonds is 4. The SMILES string of the molecule is COC(=O)C[C@@H](O)c1cccc(F)c1OC. The van der Waals surface area contributed by atoms with Crippen LogP contribution in [-0.2, 0) is 9.53 Å². The topological polar surface area (TPSA) is 55.8 Å². The van der Waals surface area contributed by atoms with Gasteiger partial charge in [-0.3, -0.25) is 4.79 Å². The van der Waals surface area contributed by atoms with Crippen molar-refractivity contribution in [1.82, 2.24) is 0 Å². The van der Waals surface area contributed by atoms with E-state index in [4.69, 9.17) is 4.74 Å². The van der Waals surface area contributed by atoms with Gasteiger partial charge in [0.2, 0.25) is 0 Å². The molecule has 0 radical (unpaired) electrons. The molecule has 0 saturated carbocycles. The molecule has 0 fully saturated rings. The van der Waals surface area contributed by atoms with Crippen molar-refractivity contribution in [2.45, 2.75) is 12.5 Å². The lowest BCUT2D eigenvalue weighted by Crippen LogP contribution is -2.09. The molecule has 0 heterocycles. The summed E-state index contributed by atoms with van der Waals surface area (Å²) in [7, 11) is 2.52. The average molecular weight is 228 g/mol. The smallest absolute Gasteiger partial charge is 0.308 e. The molecule has 0 unspecified atom stereocenters. The van der Waals surface area contributed by atoms with Crippen molar-refractivity contribution in [3.05, 3.63) is 29.6 Å². The molecule has 0 aliphatic heterocycles. The molecule has 0 amide bonds. The molecular formula is C11H13FO4. The molecule has 1 aromatic rings. The van der Waals surface area contributed by atoms with Crippen LogP contribution in [0.2, 0.25) is 0 Å². The fourth-order valence-corrected chi connectivity index (χ4v) is 1.35. The number of halogens is 1. The van der Waals surface area contributed by atoms with Gasteiger partial charge in [-0.05, 0) is 6.07 Å². The first-order chi connectivity index (χ1) is 7.60. The summed E-state index contributed by atoms with van der Waals surface area (Å²) in [6, 6.07) is 4.15. The van der Waals surface area contributed by atoms with E-state index in [1.54, 1.807) is 0 Å². The molecular weight excluding hydrogens is 215 g/mol. The maximum Gasteiger partial charge on any atom is 0.308 e. The molecule has 1 atom stereocenters. The lowest BCUT2D eigenvalue weighted by atomic mass is 10.1. The molecule has 0 aliphatic rings. The highest BCUT2D eigenvalue weighted by molar-refractivity contribution is 5.70. The summed E-state index contributed by atoms with van der Waals surface area (Å²) in [4.78, 5) is 11.0. The van der Waals surface area contributed by atoms with Crippen LogP contribution in [-0.4, -0.2) is 25.3 Å². The highest BCUT2D eigenvalue weighted by Crippen LogP contribution is 2.29. The Kier molecular flexibility index (Phi) is 4.25. The highest BCUT2D eigenvalue weighted by Gasteiger charge is 2.19. The molecule has 5 heteroatoms. The van der Waals surface area contributed by atoms with Crippen molar-refractivity contribution in [3.63, 3.8) is 0 Å². The minimum atomic E-state index is -1.14. The van der Waals surface area contributed by atoms with Crippen LogP contribution in [0.5, 0.6) is 5.75 Å². The maximum absolute atomic E-state index is 13.3. The predicted octanol–water partition coefficient (Wildman–Crippen LogP) is 1.43. The summed E-state index contributed by atoms with van der Waals surface area (Å²) in [6.45, 7) is 0. The van der Waals surface area contributed by atoms with Gasteiger partial charge in [0, 0.05) is 5.56 Å². The monoisotopic (exact) mass is 228 g/mol. The number of para-hydroxylation sites is 1. The molecule has 4 nitrogen and oxygen atoms in total. The van der Waals surface area contributed by atoms with Gasteiger partial charge >= 0.3 is 5.97 Å². The number of aliphatic hydroxyl groups excluding tert-OH is 1. The van der Waals surface area contributed by atoms with E-state index >= 15 is 0 Å². The molecule has 0 aromatic heterocycles. The van der Waals surface area contributed by atoms with Crippen molar-refractivity contribution in [1.29, 1.82) is 0 Å². The molecule has 0 spiro atoms. The van der Waals surface area contributed by atoms with Gasteiger partial charge < -0.3 is 14.6 Å². The van der Waals surface area contributed by atoms with Gasteiger partial charge in [0.1, 0.15) is 0 Å². The van der Waals surface area contributed by atoms with Crippen LogP contribution in [0.3, 0.4) is 0 Å². The second-order valence-corrected chi connectivity index (χ2v) is 3.16. The van der Waals surface area contributed by atoms with E-state index < -0.39 is 17.9 Å². The number of ether oxygens (including phenoxy) is 2. The Hall–Kier alpha value is -1.62. The number of esters is 1. The zero-order valence-electron chi connectivity index (χ0n) is 9.07. The molecule has 0 aliphatic carbocycles. The van der Waals surface area contributed by atoms with Crippen LogP contribution in [0.1, 0.15) is 18.1 Å². The minimum Gasteiger partial charge on any atom is -0.493 e. The molecule has 1 rings (SSSR count). The molecule has 1 N–H and O–H groups in total. The van der Waals surface area contributed by atoms with Gasteiger partial charge in [0.15, 0.2) is 11.6 Å². The van der Waals surface area contributed by atoms with E-state index in [1.807, 2.05) is 0 Å². The van der Waals surface area contributed by atoms with Gasteiger partial charge in [0.05, 0.1) is 26.7 Å². The quantitative estimate of drug-likeness (QED) is 0.792. The van der Waals surface area contributed by atoms with E-state index in [1.165, 1.54) is 32.4 Å². The number of hydrogen-bond donors (Lipinski definition) is 1. The van der Waals surface area contributed by atoms with Crippen molar-refractivity contribution < 1.29 is 23.8 Å². The Bertz CT molecular complexity index is 378. The lowest BCUT2D eigenvalue weighted by Gasteiger charge is -2.14. The fourth-order valence-electron chi connectivity index (χ4n) is 1.35. The van der Waals surface area contributed by atoms with Crippen LogP contribution < -0.4 is 4.74 Å². The van der Waals surface area contributed by atoms with Crippen molar-refractivity contribution in [3.8, 4) is 5.75 Å². The van der Waals surface area contributed by atoms with Crippen LogP contribution in [0.4, 0.5) is 4.39 Å². The summed E-state index contributed by atoms with van der Waals surface area (Å²) in [5.74, 6) is -1.21. The Morgan fingerprint density at radius 3 is 2.75 bits per heavy atom. The van der Waals surface area contributed by atoms with Gasteiger partial charge in [0.25, 0.3) is 0 Å². The van der Waals surface area contributed by atoms with Crippen molar-refractivity contribution in [2.75, 3.05) is 14.2 Å². The van der Waals surface area contributed by atoms with E-state index in [0.717, 1.165) is 0 Å². The standard InChI is InChI=1S/C11H13FO4/c1-15-10(14)6-9(13)7-4-3-5-8(12)11(7)16-2/h3-5,9,13H,6H2,1-2H3/t9-/m1/s1. The molecule has 16 heavy (non-hydrogen) atoms. The van der Waals surface area contributed by atoms with Gasteiger partial charge in [-0.2, -0.15) is 0 Å². The van der Waals surface area contributed by atoms with Crippen molar-refractivity contribution in [2.24, 2.45) is 0 Å². The maximum atomic E-state index is 13.3. The Labute approximate surface area is 92.6 Å². The summed E-state index contributed by atoms with van der Waals surface area (Å²) in [5.41, 5.74) is 0.230. The third-order valence-corrected chi connectivity index (χ3v) is 2.15. The fraction of sp³-hybridized carbons (Fsp3) is 0.364. The highest BCUT2D eigenvalue weighted by atomic mass is 19.1. The summed E-state index contributed by atoms with van der Waals surface area (Å²) in [5, 5.41) is 9.71. The zero-order valence-corrected chi connectivity index (χ0v) is 9.07. The largest absolute Gasteiger partial charge is 0.493 e. The second-order valence-electron chi connectivity index (χ2n) is 3.16. The Balaban J connectivity index is 2.94. The van der Waals surface area contributed by atoms with Gasteiger partial charge in [-0.15, -0.1) is 0 Å². The number of aliphatic hydroxyl groups is 1. The van der Waals surface area contributed by atoms with Crippen LogP contribution in [0, 0.1) is 5.82 Å². The van der Waals surface area contributed by atoms with E-state index in [0.29, 0.717) is 0 Å². The average Bonchev–Trinajstić information content (AvgIpc) is 2.28. The van der Waals surface area contributed by atoms with Gasteiger partial charge in [-0.1, -0.05) is 12.1 Å². The minimum absolute atomic E-state index is 0.0566. The zero-order chi connectivity index (χ0) is 12.1. The van der Waals surface area contributed by atoms with Crippen LogP contribution in [0.15, 0.2) is 18.2 Å². The third kappa shape index (κ3) is 2.70. The first-order valence-corrected chi connectivity index (χ1v) is 4.67. The molecule has 0 bridgehead atoms. The van der Waals surface area contributed by atoms with E-state index in [2.05, 4.69) is 4.74 Å².